The van der Waals surface area contributed by atoms with Crippen LogP contribution in [0.3, 0.4) is 0 Å². The Balaban J connectivity index is 2.25. The van der Waals surface area contributed by atoms with Crippen molar-refractivity contribution in [3.8, 4) is 0 Å². The molecule has 0 unspecified atom stereocenters. The number of alkyl carbamates (subject to hydrolysis) is 1. The molecule has 8 heteroatoms. The molecule has 0 saturated carbocycles. The van der Waals surface area contributed by atoms with Crippen LogP contribution in [-0.2, 0) is 22.4 Å². The zero-order valence-electron chi connectivity index (χ0n) is 18.7. The molecule has 32 heavy (non-hydrogen) atoms. The summed E-state index contributed by atoms with van der Waals surface area (Å²) in [5, 5.41) is 24.8. The average Bonchev–Trinajstić information content (AvgIpc) is 2.72. The highest BCUT2D eigenvalue weighted by Crippen LogP contribution is 2.23. The minimum absolute atomic E-state index is 0.0571. The molecular weight excluding hydrogens is 410 g/mol. The molecule has 0 aliphatic heterocycles. The topological polar surface area (TPSA) is 134 Å². The van der Waals surface area contributed by atoms with Crippen molar-refractivity contribution in [1.82, 2.24) is 10.7 Å². The van der Waals surface area contributed by atoms with E-state index in [4.69, 9.17) is 10.6 Å². The van der Waals surface area contributed by atoms with Crippen LogP contribution < -0.4 is 16.6 Å². The van der Waals surface area contributed by atoms with Crippen LogP contribution in [0.2, 0.25) is 0 Å². The van der Waals surface area contributed by atoms with Gasteiger partial charge in [0.25, 0.3) is 5.91 Å². The Bertz CT molecular complexity index is 870. The van der Waals surface area contributed by atoms with E-state index in [9.17, 15) is 19.8 Å². The third-order valence-corrected chi connectivity index (χ3v) is 4.91. The molecule has 2 aromatic rings. The highest BCUT2D eigenvalue weighted by atomic mass is 16.6. The van der Waals surface area contributed by atoms with E-state index < -0.39 is 35.3 Å². The quantitative estimate of drug-likeness (QED) is 0.228. The summed E-state index contributed by atoms with van der Waals surface area (Å²) in [7, 11) is 0. The van der Waals surface area contributed by atoms with E-state index in [0.29, 0.717) is 5.56 Å². The number of amides is 2. The lowest BCUT2D eigenvalue weighted by atomic mass is 9.85. The maximum absolute atomic E-state index is 12.5. The molecule has 8 nitrogen and oxygen atoms in total. The molecule has 0 saturated heterocycles. The normalized spacial score (nSPS) is 15.2. The van der Waals surface area contributed by atoms with Gasteiger partial charge in [-0.1, -0.05) is 60.7 Å². The Labute approximate surface area is 188 Å². The number of hydrazine groups is 1. The lowest BCUT2D eigenvalue weighted by molar-refractivity contribution is -0.143. The van der Waals surface area contributed by atoms with Crippen molar-refractivity contribution in [2.75, 3.05) is 0 Å². The monoisotopic (exact) mass is 443 g/mol. The number of carbonyl (C=O) groups excluding carboxylic acids is 2. The van der Waals surface area contributed by atoms with E-state index in [1.165, 1.54) is 0 Å². The molecule has 2 amide bonds. The van der Waals surface area contributed by atoms with Crippen LogP contribution in [0.4, 0.5) is 4.79 Å². The first kappa shape index (κ1) is 25.3. The van der Waals surface area contributed by atoms with Crippen molar-refractivity contribution in [1.29, 1.82) is 0 Å². The number of ether oxygens (including phenoxy) is 1. The van der Waals surface area contributed by atoms with Crippen molar-refractivity contribution >= 4 is 12.0 Å². The van der Waals surface area contributed by atoms with E-state index >= 15 is 0 Å². The third kappa shape index (κ3) is 7.96. The highest BCUT2D eigenvalue weighted by Gasteiger charge is 2.40. The summed E-state index contributed by atoms with van der Waals surface area (Å²) in [6, 6.07) is 17.4. The molecule has 3 atom stereocenters. The first-order chi connectivity index (χ1) is 15.0. The van der Waals surface area contributed by atoms with E-state index in [0.717, 1.165) is 5.56 Å². The van der Waals surface area contributed by atoms with Gasteiger partial charge in [0.2, 0.25) is 0 Å². The average molecular weight is 444 g/mol. The Hall–Kier alpha value is -2.94. The molecule has 0 radical (unpaired) electrons. The molecule has 0 aliphatic carbocycles. The minimum Gasteiger partial charge on any atom is -0.444 e. The lowest BCUT2D eigenvalue weighted by Gasteiger charge is -2.32. The first-order valence-electron chi connectivity index (χ1n) is 10.5. The second-order valence-electron chi connectivity index (χ2n) is 8.88. The summed E-state index contributed by atoms with van der Waals surface area (Å²) in [6.07, 6.45) is -2.11. The van der Waals surface area contributed by atoms with Gasteiger partial charge in [0.1, 0.15) is 5.60 Å². The molecule has 0 heterocycles. The second-order valence-corrected chi connectivity index (χ2v) is 8.88. The molecule has 2 rings (SSSR count). The minimum atomic E-state index is -1.99. The fourth-order valence-corrected chi connectivity index (χ4v) is 3.41. The van der Waals surface area contributed by atoms with Gasteiger partial charge in [-0.2, -0.15) is 0 Å². The van der Waals surface area contributed by atoms with Crippen LogP contribution >= 0.6 is 0 Å². The fraction of sp³-hybridized carbons (Fsp3) is 0.417. The number of rotatable bonds is 9. The van der Waals surface area contributed by atoms with E-state index in [2.05, 4.69) is 5.32 Å². The van der Waals surface area contributed by atoms with Crippen molar-refractivity contribution in [2.24, 2.45) is 5.84 Å². The van der Waals surface area contributed by atoms with Gasteiger partial charge < -0.3 is 20.3 Å². The molecule has 174 valence electrons. The van der Waals surface area contributed by atoms with Crippen LogP contribution in [-0.4, -0.2) is 45.6 Å². The Morgan fingerprint density at radius 3 is 2.03 bits per heavy atom. The SMILES string of the molecule is CC(C)(C)OC(=O)N[C@@H](Cc1ccccc1)[C@@H](O)C[C@@](O)(Cc1ccccc1)C(=O)NN. The fourth-order valence-electron chi connectivity index (χ4n) is 3.41. The van der Waals surface area contributed by atoms with E-state index in [1.807, 2.05) is 41.8 Å². The number of carbonyl (C=O) groups is 2. The summed E-state index contributed by atoms with van der Waals surface area (Å²) in [5.41, 5.74) is 0.834. The van der Waals surface area contributed by atoms with Crippen molar-refractivity contribution in [2.45, 2.75) is 63.4 Å². The van der Waals surface area contributed by atoms with Crippen molar-refractivity contribution in [3.05, 3.63) is 71.8 Å². The molecule has 6 N–H and O–H groups in total. The predicted molar refractivity (Wildman–Crippen MR) is 121 cm³/mol. The summed E-state index contributed by atoms with van der Waals surface area (Å²) < 4.78 is 5.33. The lowest BCUT2D eigenvalue weighted by Crippen LogP contribution is -2.56. The van der Waals surface area contributed by atoms with Gasteiger partial charge in [0.15, 0.2) is 5.60 Å². The maximum Gasteiger partial charge on any atom is 0.407 e. The zero-order valence-corrected chi connectivity index (χ0v) is 18.7. The van der Waals surface area contributed by atoms with Gasteiger partial charge in [-0.15, -0.1) is 0 Å². The standard InChI is InChI=1S/C24H33N3O5/c1-23(2,3)32-22(30)26-19(14-17-10-6-4-7-11-17)20(28)16-24(31,21(29)27-25)15-18-12-8-5-9-13-18/h4-13,19-20,28,31H,14-16,25H2,1-3H3,(H,26,30)(H,27,29)/t19-,20-,24-/m0/s1. The smallest absolute Gasteiger partial charge is 0.407 e. The molecule has 0 fully saturated rings. The molecule has 0 aliphatic rings. The van der Waals surface area contributed by atoms with Gasteiger partial charge in [-0.25, -0.2) is 10.6 Å². The number of hydrogen-bond acceptors (Lipinski definition) is 6. The number of aliphatic hydroxyl groups is 2. The zero-order chi connectivity index (χ0) is 23.8. The summed E-state index contributed by atoms with van der Waals surface area (Å²) in [5.74, 6) is 4.48. The second kappa shape index (κ2) is 11.1. The highest BCUT2D eigenvalue weighted by molar-refractivity contribution is 5.84. The molecule has 0 bridgehead atoms. The van der Waals surface area contributed by atoms with Crippen LogP contribution in [0.15, 0.2) is 60.7 Å². The third-order valence-electron chi connectivity index (χ3n) is 4.91. The maximum atomic E-state index is 12.5. The van der Waals surface area contributed by atoms with Crippen LogP contribution in [0, 0.1) is 0 Å². The summed E-state index contributed by atoms with van der Waals surface area (Å²) >= 11 is 0. The number of aliphatic hydroxyl groups excluding tert-OH is 1. The van der Waals surface area contributed by atoms with Crippen LogP contribution in [0.25, 0.3) is 0 Å². The van der Waals surface area contributed by atoms with Crippen LogP contribution in [0.1, 0.15) is 38.3 Å². The molecule has 0 spiro atoms. The Kier molecular flexibility index (Phi) is 8.77. The molecular formula is C24H33N3O5. The number of benzene rings is 2. The van der Waals surface area contributed by atoms with Gasteiger partial charge >= 0.3 is 6.09 Å². The van der Waals surface area contributed by atoms with Crippen molar-refractivity contribution in [3.63, 3.8) is 0 Å². The van der Waals surface area contributed by atoms with E-state index in [-0.39, 0.29) is 19.3 Å². The Morgan fingerprint density at radius 1 is 1.00 bits per heavy atom. The van der Waals surface area contributed by atoms with Crippen molar-refractivity contribution < 1.29 is 24.5 Å². The van der Waals surface area contributed by atoms with Gasteiger partial charge in [-0.05, 0) is 38.3 Å². The van der Waals surface area contributed by atoms with Gasteiger partial charge in [-0.3, -0.25) is 10.2 Å². The largest absolute Gasteiger partial charge is 0.444 e. The Morgan fingerprint density at radius 2 is 1.53 bits per heavy atom. The first-order valence-corrected chi connectivity index (χ1v) is 10.5. The number of hydrogen-bond donors (Lipinski definition) is 5. The predicted octanol–water partition coefficient (Wildman–Crippen LogP) is 1.84. The van der Waals surface area contributed by atoms with Crippen LogP contribution in [0.5, 0.6) is 0 Å². The number of nitrogens with two attached hydrogens (primary N) is 1. The number of nitrogens with one attached hydrogen (secondary N) is 2. The summed E-state index contributed by atoms with van der Waals surface area (Å²) in [4.78, 5) is 24.9. The van der Waals surface area contributed by atoms with Gasteiger partial charge in [0.05, 0.1) is 12.1 Å². The molecule has 2 aromatic carbocycles. The summed E-state index contributed by atoms with van der Waals surface area (Å²) in [6.45, 7) is 5.21. The van der Waals surface area contributed by atoms with E-state index in [1.54, 1.807) is 45.0 Å². The molecule has 0 aromatic heterocycles. The van der Waals surface area contributed by atoms with Gasteiger partial charge in [0, 0.05) is 12.8 Å².